The smallest absolute Gasteiger partial charge is 0.187 e. The molecule has 5 aliphatic heterocycles. The highest BCUT2D eigenvalue weighted by atomic mass is 16.8. The maximum absolute atomic E-state index is 12.1. The SMILES string of the molecule is C[C@@H](CC[C@@]1(O)O[C@H]2C[C@H]3[C@@H]4CC=C5C[C@@H](O[C@@H]6O[C@H](CO)[C@@H](O[C@@H]7O[C@H](CO)[C@@H](O)[C@H](O)[C@H]7O)[C@H](O)[C@H]6O[C@@H]6O[C@@H](C)[C@H](O)[C@@H](O)[C@H]6O)CC[C@]5(C)[C@H]4CC[C@]3(C)[C@H]2[C@@H]1C)CO[C@@H]1O[C@H](CO)[C@@H](O)[C@H](O)[C@H]1O. The average Bonchev–Trinajstić information content (AvgIpc) is 3.82. The van der Waals surface area contributed by atoms with Crippen LogP contribution in [0.4, 0.5) is 0 Å². The second-order valence-corrected chi connectivity index (χ2v) is 23.8. The number of allylic oxidation sites excluding steroid dienone is 1. The Balaban J connectivity index is 0.849. The van der Waals surface area contributed by atoms with Crippen LogP contribution in [0.2, 0.25) is 0 Å². The lowest BCUT2D eigenvalue weighted by Crippen LogP contribution is -2.67. The van der Waals surface area contributed by atoms with Crippen molar-refractivity contribution in [3.8, 4) is 0 Å². The van der Waals surface area contributed by atoms with E-state index in [2.05, 4.69) is 26.8 Å². The van der Waals surface area contributed by atoms with Gasteiger partial charge in [0.15, 0.2) is 30.9 Å². The van der Waals surface area contributed by atoms with Crippen molar-refractivity contribution in [1.29, 1.82) is 0 Å². The van der Waals surface area contributed by atoms with Crippen LogP contribution in [-0.2, 0) is 42.6 Å². The van der Waals surface area contributed by atoms with E-state index in [1.807, 2.05) is 6.92 Å². The maximum Gasteiger partial charge on any atom is 0.187 e. The Morgan fingerprint density at radius 2 is 1.22 bits per heavy atom. The van der Waals surface area contributed by atoms with Gasteiger partial charge in [0.1, 0.15) is 91.6 Å². The number of hydrogen-bond donors (Lipinski definition) is 14. The van der Waals surface area contributed by atoms with Gasteiger partial charge in [0, 0.05) is 12.3 Å². The van der Waals surface area contributed by atoms with E-state index in [0.717, 1.165) is 32.1 Å². The van der Waals surface area contributed by atoms with E-state index in [9.17, 15) is 71.5 Å². The molecular weight excluding hydrogens is 981 g/mol. The molecule has 23 nitrogen and oxygen atoms in total. The highest BCUT2D eigenvalue weighted by Gasteiger charge is 2.68. The molecule has 0 amide bonds. The first-order valence-corrected chi connectivity index (χ1v) is 26.9. The monoisotopic (exact) mass is 1060 g/mol. The first-order valence-electron chi connectivity index (χ1n) is 26.9. The predicted octanol–water partition coefficient (Wildman–Crippen LogP) is -3.01. The number of ether oxygens (including phenoxy) is 9. The zero-order valence-corrected chi connectivity index (χ0v) is 42.9. The first kappa shape index (κ1) is 57.5. The fourth-order valence-corrected chi connectivity index (χ4v) is 15.0. The molecule has 426 valence electrons. The van der Waals surface area contributed by atoms with Crippen molar-refractivity contribution in [2.45, 2.75) is 233 Å². The Bertz CT molecular complexity index is 1920. The summed E-state index contributed by atoms with van der Waals surface area (Å²) in [5.74, 6) is -0.310. The van der Waals surface area contributed by atoms with Crippen LogP contribution in [0, 0.1) is 46.3 Å². The highest BCUT2D eigenvalue weighted by Crippen LogP contribution is 2.70. The molecule has 14 N–H and O–H groups in total. The van der Waals surface area contributed by atoms with Crippen LogP contribution in [0.3, 0.4) is 0 Å². The van der Waals surface area contributed by atoms with Gasteiger partial charge in [-0.05, 0) is 98.7 Å². The van der Waals surface area contributed by atoms with Gasteiger partial charge in [0.25, 0.3) is 0 Å². The Kier molecular flexibility index (Phi) is 17.4. The van der Waals surface area contributed by atoms with Crippen LogP contribution in [0.15, 0.2) is 11.6 Å². The van der Waals surface area contributed by atoms with Crippen molar-refractivity contribution in [3.63, 3.8) is 0 Å². The maximum atomic E-state index is 12.1. The van der Waals surface area contributed by atoms with Crippen LogP contribution in [0.5, 0.6) is 0 Å². The van der Waals surface area contributed by atoms with Gasteiger partial charge in [0.05, 0.1) is 44.7 Å². The Labute approximate surface area is 430 Å². The minimum atomic E-state index is -1.85. The summed E-state index contributed by atoms with van der Waals surface area (Å²) in [4.78, 5) is 0. The zero-order chi connectivity index (χ0) is 53.5. The molecule has 0 spiro atoms. The lowest BCUT2D eigenvalue weighted by molar-refractivity contribution is -0.389. The molecular formula is C51H84O23. The lowest BCUT2D eigenvalue weighted by Gasteiger charge is -2.58. The molecule has 9 aliphatic rings. The van der Waals surface area contributed by atoms with E-state index in [0.29, 0.717) is 43.4 Å². The molecule has 0 aromatic carbocycles. The topological polar surface area (TPSA) is 366 Å². The summed E-state index contributed by atoms with van der Waals surface area (Å²) >= 11 is 0. The van der Waals surface area contributed by atoms with E-state index >= 15 is 0 Å². The van der Waals surface area contributed by atoms with E-state index < -0.39 is 155 Å². The van der Waals surface area contributed by atoms with Crippen molar-refractivity contribution in [1.82, 2.24) is 0 Å². The lowest BCUT2D eigenvalue weighted by atomic mass is 9.47. The predicted molar refractivity (Wildman–Crippen MR) is 250 cm³/mol. The quantitative estimate of drug-likeness (QED) is 0.0727. The van der Waals surface area contributed by atoms with Crippen molar-refractivity contribution < 1.29 is 114 Å². The number of aliphatic hydroxyl groups excluding tert-OH is 13. The van der Waals surface area contributed by atoms with Crippen LogP contribution >= 0.6 is 0 Å². The minimum Gasteiger partial charge on any atom is -0.394 e. The molecule has 0 radical (unpaired) electrons. The molecule has 5 heterocycles. The van der Waals surface area contributed by atoms with E-state index in [4.69, 9.17) is 42.6 Å². The van der Waals surface area contributed by atoms with Gasteiger partial charge in [-0.2, -0.15) is 0 Å². The third-order valence-corrected chi connectivity index (χ3v) is 19.5. The first-order chi connectivity index (χ1) is 35.0. The normalized spacial score (nSPS) is 54.9. The second-order valence-electron chi connectivity index (χ2n) is 23.8. The fourth-order valence-electron chi connectivity index (χ4n) is 15.0. The summed E-state index contributed by atoms with van der Waals surface area (Å²) in [6.45, 7) is 8.35. The average molecular weight is 1070 g/mol. The molecule has 74 heavy (non-hydrogen) atoms. The molecule has 0 unspecified atom stereocenters. The standard InChI is InChI=1S/C51H84O23/c1-20(19-66-45-39(61)37(59)34(56)29(16-52)69-45)8-13-51(65)21(2)32-28(74-51)15-27-25-7-6-23-14-24(9-11-49(23,4)26(25)10-12-50(27,32)5)68-48-44(73-46-40(62)36(58)33(55)22(3)67-46)42(64)43(31(18-54)71-48)72-47-41(63)38(60)35(57)30(17-53)70-47/h6,20-22,24-48,52-65H,7-19H2,1-5H3/t20-,21-,22-,24-,25+,26-,27-,28-,29+,30+,31+,32-,33-,34+,35+,36+,37-,38-,39+,40+,41+,42-,43+,44+,45+,46-,47-,48+,49-,50-,51+/m0/s1. The zero-order valence-electron chi connectivity index (χ0n) is 42.9. The Morgan fingerprint density at radius 3 is 1.86 bits per heavy atom. The minimum absolute atomic E-state index is 0.0705. The van der Waals surface area contributed by atoms with Crippen molar-refractivity contribution in [2.24, 2.45) is 46.3 Å². The summed E-state index contributed by atoms with van der Waals surface area (Å²) in [5, 5.41) is 148. The third-order valence-electron chi connectivity index (χ3n) is 19.5. The largest absolute Gasteiger partial charge is 0.394 e. The number of fused-ring (bicyclic) bond motifs is 7. The Morgan fingerprint density at radius 1 is 0.635 bits per heavy atom. The van der Waals surface area contributed by atoms with Gasteiger partial charge >= 0.3 is 0 Å². The summed E-state index contributed by atoms with van der Waals surface area (Å²) in [7, 11) is 0. The molecule has 31 atom stereocenters. The van der Waals surface area contributed by atoms with Gasteiger partial charge in [-0.15, -0.1) is 0 Å². The molecule has 5 saturated heterocycles. The second kappa shape index (κ2) is 22.4. The number of hydrogen-bond acceptors (Lipinski definition) is 23. The fraction of sp³-hybridized carbons (Fsp3) is 0.961. The molecule has 0 aromatic rings. The van der Waals surface area contributed by atoms with Crippen molar-refractivity contribution >= 4 is 0 Å². The van der Waals surface area contributed by atoms with Crippen molar-refractivity contribution in [2.75, 3.05) is 26.4 Å². The van der Waals surface area contributed by atoms with Crippen LogP contribution in [0.25, 0.3) is 0 Å². The third kappa shape index (κ3) is 10.2. The molecule has 23 heteroatoms. The highest BCUT2D eigenvalue weighted by molar-refractivity contribution is 5.26. The van der Waals surface area contributed by atoms with E-state index in [1.54, 1.807) is 0 Å². The molecule has 3 saturated carbocycles. The molecule has 4 aliphatic carbocycles. The van der Waals surface area contributed by atoms with Gasteiger partial charge in [-0.25, -0.2) is 0 Å². The van der Waals surface area contributed by atoms with Crippen LogP contribution in [0.1, 0.15) is 92.4 Å². The van der Waals surface area contributed by atoms with Crippen LogP contribution < -0.4 is 0 Å². The number of aliphatic hydroxyl groups is 14. The summed E-state index contributed by atoms with van der Waals surface area (Å²) in [5.41, 5.74) is 1.02. The van der Waals surface area contributed by atoms with Gasteiger partial charge in [-0.1, -0.05) is 39.3 Å². The molecule has 0 aromatic heterocycles. The van der Waals surface area contributed by atoms with Gasteiger partial charge in [-0.3, -0.25) is 0 Å². The Hall–Kier alpha value is -1.18. The molecule has 0 bridgehead atoms. The molecule has 9 rings (SSSR count). The summed E-state index contributed by atoms with van der Waals surface area (Å²) in [6, 6.07) is 0. The number of rotatable bonds is 15. The molecule has 8 fully saturated rings. The van der Waals surface area contributed by atoms with Crippen LogP contribution in [-0.4, -0.2) is 239 Å². The van der Waals surface area contributed by atoms with E-state index in [-0.39, 0.29) is 41.3 Å². The van der Waals surface area contributed by atoms with E-state index in [1.165, 1.54) is 12.5 Å². The summed E-state index contributed by atoms with van der Waals surface area (Å²) in [6.07, 6.45) is -22.1. The summed E-state index contributed by atoms with van der Waals surface area (Å²) < 4.78 is 54.4. The van der Waals surface area contributed by atoms with Crippen molar-refractivity contribution in [3.05, 3.63) is 11.6 Å². The van der Waals surface area contributed by atoms with Gasteiger partial charge in [0.2, 0.25) is 0 Å². The van der Waals surface area contributed by atoms with Gasteiger partial charge < -0.3 is 114 Å².